The van der Waals surface area contributed by atoms with Gasteiger partial charge in [0.15, 0.2) is 17.5 Å². The monoisotopic (exact) mass is 363 g/mol. The molecule has 1 saturated heterocycles. The van der Waals surface area contributed by atoms with Gasteiger partial charge in [-0.2, -0.15) is 0 Å². The number of rotatable bonds is 5. The molecule has 2 atom stereocenters. The largest absolute Gasteiger partial charge is 0.493 e. The highest BCUT2D eigenvalue weighted by atomic mass is 16.5. The number of methoxy groups -OCH3 is 2. The van der Waals surface area contributed by atoms with E-state index in [9.17, 15) is 0 Å². The number of ether oxygens (including phenoxy) is 3. The summed E-state index contributed by atoms with van der Waals surface area (Å²) in [6.45, 7) is 8.41. The molecule has 2 unspecified atom stereocenters. The molecule has 6 nitrogen and oxygen atoms in total. The lowest BCUT2D eigenvalue weighted by Crippen LogP contribution is -2.46. The summed E-state index contributed by atoms with van der Waals surface area (Å²) in [5, 5.41) is 6.75. The van der Waals surface area contributed by atoms with Crippen LogP contribution < -0.4 is 20.1 Å². The lowest BCUT2D eigenvalue weighted by molar-refractivity contribution is -0.0835. The zero-order valence-electron chi connectivity index (χ0n) is 16.9. The van der Waals surface area contributed by atoms with Gasteiger partial charge in [-0.3, -0.25) is 4.99 Å². The minimum atomic E-state index is 0.132. The molecule has 26 heavy (non-hydrogen) atoms. The molecule has 2 N–H and O–H groups in total. The van der Waals surface area contributed by atoms with Gasteiger partial charge in [0, 0.05) is 37.9 Å². The van der Waals surface area contributed by atoms with Crippen LogP contribution in [0, 0.1) is 11.3 Å². The maximum atomic E-state index is 6.06. The van der Waals surface area contributed by atoms with Crippen LogP contribution >= 0.6 is 0 Å². The Kier molecular flexibility index (Phi) is 7.14. The van der Waals surface area contributed by atoms with Gasteiger partial charge in [0.25, 0.3) is 0 Å². The average molecular weight is 364 g/mol. The molecule has 0 radical (unpaired) electrons. The summed E-state index contributed by atoms with van der Waals surface area (Å²) in [5.41, 5.74) is 1.02. The van der Waals surface area contributed by atoms with Crippen molar-refractivity contribution in [1.82, 2.24) is 5.32 Å². The van der Waals surface area contributed by atoms with E-state index < -0.39 is 0 Å². The van der Waals surface area contributed by atoms with Crippen molar-refractivity contribution in [2.75, 3.05) is 39.7 Å². The summed E-state index contributed by atoms with van der Waals surface area (Å²) >= 11 is 0. The van der Waals surface area contributed by atoms with E-state index in [-0.39, 0.29) is 11.5 Å². The quantitative estimate of drug-likeness (QED) is 0.619. The topological polar surface area (TPSA) is 64.1 Å². The lowest BCUT2D eigenvalue weighted by atomic mass is 9.78. The van der Waals surface area contributed by atoms with E-state index in [0.717, 1.165) is 31.2 Å². The molecule has 0 saturated carbocycles. The van der Waals surface area contributed by atoms with Crippen LogP contribution in [0.1, 0.15) is 33.6 Å². The van der Waals surface area contributed by atoms with Crippen molar-refractivity contribution >= 4 is 11.6 Å². The standard InChI is InChI=1S/C20H33N3O3/c1-20(2,3)18-14(8-7-11-26-18)13-22-19(21-4)23-15-9-10-16(24-5)17(12-15)25-6/h9-10,12,14,18H,7-8,11,13H2,1-6H3,(H2,21,22,23). The van der Waals surface area contributed by atoms with Crippen molar-refractivity contribution in [3.63, 3.8) is 0 Å². The minimum Gasteiger partial charge on any atom is -0.493 e. The van der Waals surface area contributed by atoms with Crippen molar-refractivity contribution in [1.29, 1.82) is 0 Å². The van der Waals surface area contributed by atoms with E-state index in [0.29, 0.717) is 17.4 Å². The van der Waals surface area contributed by atoms with Gasteiger partial charge < -0.3 is 24.8 Å². The van der Waals surface area contributed by atoms with Gasteiger partial charge in [0.05, 0.1) is 20.3 Å². The predicted octanol–water partition coefficient (Wildman–Crippen LogP) is 3.53. The van der Waals surface area contributed by atoms with Crippen LogP contribution in [0.4, 0.5) is 5.69 Å². The van der Waals surface area contributed by atoms with Crippen LogP contribution in [0.25, 0.3) is 0 Å². The third-order valence-electron chi connectivity index (χ3n) is 4.70. The third kappa shape index (κ3) is 5.27. The fraction of sp³-hybridized carbons (Fsp3) is 0.650. The Morgan fingerprint density at radius 2 is 1.96 bits per heavy atom. The van der Waals surface area contributed by atoms with E-state index in [4.69, 9.17) is 14.2 Å². The molecule has 0 aliphatic carbocycles. The van der Waals surface area contributed by atoms with Crippen molar-refractivity contribution in [3.05, 3.63) is 18.2 Å². The SMILES string of the molecule is CN=C(NCC1CCCOC1C(C)(C)C)Nc1ccc(OC)c(OC)c1. The van der Waals surface area contributed by atoms with E-state index >= 15 is 0 Å². The Labute approximate surface area is 157 Å². The van der Waals surface area contributed by atoms with Gasteiger partial charge in [0.1, 0.15) is 0 Å². The predicted molar refractivity (Wildman–Crippen MR) is 106 cm³/mol. The summed E-state index contributed by atoms with van der Waals surface area (Å²) in [7, 11) is 5.03. The van der Waals surface area contributed by atoms with Crippen molar-refractivity contribution in [3.8, 4) is 11.5 Å². The number of hydrogen-bond donors (Lipinski definition) is 2. The Morgan fingerprint density at radius 3 is 2.58 bits per heavy atom. The average Bonchev–Trinajstić information content (AvgIpc) is 2.64. The summed E-state index contributed by atoms with van der Waals surface area (Å²) in [4.78, 5) is 4.33. The number of anilines is 1. The number of benzene rings is 1. The fourth-order valence-electron chi connectivity index (χ4n) is 3.47. The molecule has 1 aliphatic heterocycles. The van der Waals surface area contributed by atoms with Gasteiger partial charge in [-0.15, -0.1) is 0 Å². The van der Waals surface area contributed by atoms with Crippen molar-refractivity contribution < 1.29 is 14.2 Å². The molecule has 1 aromatic carbocycles. The van der Waals surface area contributed by atoms with E-state index in [2.05, 4.69) is 36.4 Å². The molecule has 0 aromatic heterocycles. The van der Waals surface area contributed by atoms with Crippen LogP contribution in [-0.4, -0.2) is 46.5 Å². The number of aliphatic imine (C=N–C) groups is 1. The molecule has 1 aliphatic rings. The van der Waals surface area contributed by atoms with Crippen molar-refractivity contribution in [2.24, 2.45) is 16.3 Å². The second-order valence-electron chi connectivity index (χ2n) is 7.71. The first-order valence-electron chi connectivity index (χ1n) is 9.20. The maximum absolute atomic E-state index is 6.06. The van der Waals surface area contributed by atoms with E-state index in [1.54, 1.807) is 21.3 Å². The molecular weight excluding hydrogens is 330 g/mol. The molecular formula is C20H33N3O3. The molecule has 2 rings (SSSR count). The summed E-state index contributed by atoms with van der Waals surface area (Å²) < 4.78 is 16.7. The second-order valence-corrected chi connectivity index (χ2v) is 7.71. The zero-order valence-corrected chi connectivity index (χ0v) is 16.9. The highest BCUT2D eigenvalue weighted by molar-refractivity contribution is 5.93. The molecule has 0 amide bonds. The summed E-state index contributed by atoms with van der Waals surface area (Å²) in [6.07, 6.45) is 2.53. The van der Waals surface area contributed by atoms with Gasteiger partial charge in [-0.1, -0.05) is 20.8 Å². The molecule has 1 fully saturated rings. The maximum Gasteiger partial charge on any atom is 0.195 e. The number of guanidine groups is 1. The van der Waals surface area contributed by atoms with Gasteiger partial charge in [0.2, 0.25) is 0 Å². The van der Waals surface area contributed by atoms with Crippen LogP contribution in [-0.2, 0) is 4.74 Å². The van der Waals surface area contributed by atoms with Gasteiger partial charge >= 0.3 is 0 Å². The van der Waals surface area contributed by atoms with Gasteiger partial charge in [-0.05, 0) is 30.4 Å². The number of hydrogen-bond acceptors (Lipinski definition) is 4. The third-order valence-corrected chi connectivity index (χ3v) is 4.70. The second kappa shape index (κ2) is 9.12. The number of nitrogens with zero attached hydrogens (tertiary/aromatic N) is 1. The molecule has 1 aromatic rings. The zero-order chi connectivity index (χ0) is 19.2. The van der Waals surface area contributed by atoms with Crippen molar-refractivity contribution in [2.45, 2.75) is 39.7 Å². The highest BCUT2D eigenvalue weighted by Crippen LogP contribution is 2.34. The van der Waals surface area contributed by atoms with Crippen LogP contribution in [0.15, 0.2) is 23.2 Å². The Morgan fingerprint density at radius 1 is 1.23 bits per heavy atom. The first-order chi connectivity index (χ1) is 12.4. The molecule has 0 bridgehead atoms. The van der Waals surface area contributed by atoms with Crippen LogP contribution in [0.5, 0.6) is 11.5 Å². The van der Waals surface area contributed by atoms with Gasteiger partial charge in [-0.25, -0.2) is 0 Å². The first-order valence-corrected chi connectivity index (χ1v) is 9.20. The van der Waals surface area contributed by atoms with E-state index in [1.807, 2.05) is 18.2 Å². The minimum absolute atomic E-state index is 0.132. The molecule has 6 heteroatoms. The fourth-order valence-corrected chi connectivity index (χ4v) is 3.47. The Hall–Kier alpha value is -1.95. The molecule has 146 valence electrons. The molecule has 0 spiro atoms. The molecule has 1 heterocycles. The van der Waals surface area contributed by atoms with E-state index in [1.165, 1.54) is 6.42 Å². The normalized spacial score (nSPS) is 21.2. The van der Waals surface area contributed by atoms with Crippen LogP contribution in [0.3, 0.4) is 0 Å². The van der Waals surface area contributed by atoms with Crippen LogP contribution in [0.2, 0.25) is 0 Å². The number of nitrogens with one attached hydrogen (secondary N) is 2. The first kappa shape index (κ1) is 20.4. The Bertz CT molecular complexity index is 611. The summed E-state index contributed by atoms with van der Waals surface area (Å²) in [6, 6.07) is 5.71. The summed E-state index contributed by atoms with van der Waals surface area (Å²) in [5.74, 6) is 2.58. The smallest absolute Gasteiger partial charge is 0.195 e. The lowest BCUT2D eigenvalue weighted by Gasteiger charge is -2.40. The highest BCUT2D eigenvalue weighted by Gasteiger charge is 2.35. The Balaban J connectivity index is 1.99.